The van der Waals surface area contributed by atoms with Gasteiger partial charge in [0.25, 0.3) is 0 Å². The van der Waals surface area contributed by atoms with E-state index in [9.17, 15) is 18.3 Å². The van der Waals surface area contributed by atoms with E-state index in [0.717, 1.165) is 61.3 Å². The molecule has 4 rings (SSSR count). The van der Waals surface area contributed by atoms with Crippen molar-refractivity contribution < 1.29 is 23.1 Å². The number of benzene rings is 1. The molecule has 2 aromatic rings. The highest BCUT2D eigenvalue weighted by Crippen LogP contribution is 2.45. The topological polar surface area (TPSA) is 109 Å². The highest BCUT2D eigenvalue weighted by atomic mass is 32.2. The molecule has 1 atom stereocenters. The molecule has 1 unspecified atom stereocenters. The quantitative estimate of drug-likeness (QED) is 0.460. The second-order valence-electron chi connectivity index (χ2n) is 12.4. The van der Waals surface area contributed by atoms with Crippen molar-refractivity contribution in [2.75, 3.05) is 18.0 Å². The van der Waals surface area contributed by atoms with E-state index in [1.807, 2.05) is 34.6 Å². The van der Waals surface area contributed by atoms with Crippen LogP contribution in [-0.4, -0.2) is 49.2 Å². The summed E-state index contributed by atoms with van der Waals surface area (Å²) in [6.07, 6.45) is 2.47. The molecule has 0 radical (unpaired) electrons. The summed E-state index contributed by atoms with van der Waals surface area (Å²) in [6.45, 7) is 15.4. The summed E-state index contributed by atoms with van der Waals surface area (Å²) < 4.78 is 34.4. The van der Waals surface area contributed by atoms with Gasteiger partial charge >= 0.3 is 5.97 Å². The van der Waals surface area contributed by atoms with E-state index in [0.29, 0.717) is 11.3 Å². The van der Waals surface area contributed by atoms with Crippen molar-refractivity contribution >= 4 is 21.7 Å². The predicted molar refractivity (Wildman–Crippen MR) is 149 cm³/mol. The first kappa shape index (κ1) is 28.5. The zero-order chi connectivity index (χ0) is 28.0. The third-order valence-corrected chi connectivity index (χ3v) is 8.86. The molecule has 1 aromatic heterocycles. The number of rotatable bonds is 8. The number of ether oxygens (including phenoxy) is 1. The lowest BCUT2D eigenvalue weighted by Crippen LogP contribution is -2.39. The van der Waals surface area contributed by atoms with Crippen LogP contribution in [0, 0.1) is 19.3 Å². The molecule has 208 valence electrons. The maximum Gasteiger partial charge on any atom is 0.337 e. The molecule has 9 heteroatoms. The van der Waals surface area contributed by atoms with Gasteiger partial charge in [0.1, 0.15) is 0 Å². The maximum absolute atomic E-state index is 12.8. The lowest BCUT2D eigenvalue weighted by atomic mass is 9.82. The zero-order valence-electron chi connectivity index (χ0n) is 23.6. The molecule has 1 saturated carbocycles. The lowest BCUT2D eigenvalue weighted by Gasteiger charge is -2.41. The average molecular weight is 544 g/mol. The van der Waals surface area contributed by atoms with Crippen LogP contribution in [0.2, 0.25) is 0 Å². The highest BCUT2D eigenvalue weighted by Gasteiger charge is 2.36. The van der Waals surface area contributed by atoms with Gasteiger partial charge in [-0.2, -0.15) is 0 Å². The number of piperidine rings is 1. The molecular weight excluding hydrogens is 502 g/mol. The Morgan fingerprint density at radius 2 is 1.68 bits per heavy atom. The van der Waals surface area contributed by atoms with Gasteiger partial charge in [-0.3, -0.25) is 4.98 Å². The smallest absolute Gasteiger partial charge is 0.337 e. The number of sulfonamides is 1. The van der Waals surface area contributed by atoms with Gasteiger partial charge in [-0.25, -0.2) is 17.9 Å². The summed E-state index contributed by atoms with van der Waals surface area (Å²) in [5.74, 6) is -1.06. The van der Waals surface area contributed by atoms with Crippen LogP contribution in [0.5, 0.6) is 0 Å². The van der Waals surface area contributed by atoms with E-state index in [1.165, 1.54) is 0 Å². The molecule has 2 heterocycles. The molecule has 1 saturated heterocycles. The van der Waals surface area contributed by atoms with E-state index in [4.69, 9.17) is 9.72 Å². The van der Waals surface area contributed by atoms with E-state index >= 15 is 0 Å². The average Bonchev–Trinajstić information content (AvgIpc) is 3.60. The number of aromatic nitrogens is 1. The number of hydrogen-bond acceptors (Lipinski definition) is 6. The van der Waals surface area contributed by atoms with Crippen LogP contribution in [0.1, 0.15) is 83.4 Å². The van der Waals surface area contributed by atoms with Crippen LogP contribution in [-0.2, 0) is 19.6 Å². The summed E-state index contributed by atoms with van der Waals surface area (Å²) in [6, 6.07) is 6.84. The molecule has 38 heavy (non-hydrogen) atoms. The molecule has 1 aliphatic heterocycles. The molecule has 8 nitrogen and oxygen atoms in total. The molecule has 0 amide bonds. The minimum Gasteiger partial charge on any atom is -0.479 e. The number of aryl methyl sites for hydroxylation is 2. The predicted octanol–water partition coefficient (Wildman–Crippen LogP) is 5.37. The van der Waals surface area contributed by atoms with Crippen LogP contribution in [0.3, 0.4) is 0 Å². The third kappa shape index (κ3) is 6.38. The van der Waals surface area contributed by atoms with Gasteiger partial charge < -0.3 is 14.7 Å². The number of anilines is 1. The SMILES string of the molecule is Cc1nc(C)c(C(OC(C)(C)C)C(=O)O)c(N2CCC(C)(C)CC2)c1-c1ccc(S(=O)(=O)NC2CC2)cc1. The number of carboxylic acid groups (broad SMARTS) is 1. The summed E-state index contributed by atoms with van der Waals surface area (Å²) in [4.78, 5) is 19.9. The Morgan fingerprint density at radius 1 is 1.11 bits per heavy atom. The van der Waals surface area contributed by atoms with Crippen LogP contribution in [0.15, 0.2) is 29.2 Å². The van der Waals surface area contributed by atoms with E-state index in [1.54, 1.807) is 24.3 Å². The minimum absolute atomic E-state index is 0.0245. The zero-order valence-corrected chi connectivity index (χ0v) is 24.4. The summed E-state index contributed by atoms with van der Waals surface area (Å²) in [5.41, 5.74) is 3.87. The van der Waals surface area contributed by atoms with Crippen LogP contribution in [0.4, 0.5) is 5.69 Å². The standard InChI is InChI=1S/C29H41N3O5S/c1-18-23(20-8-12-22(13-9-20)38(35,36)31-21-10-11-21)25(32-16-14-29(6,7)15-17-32)24(19(2)30-18)26(27(33)34)37-28(3,4)5/h8-9,12-13,21,26,31H,10-11,14-17H2,1-7H3,(H,33,34). The van der Waals surface area contributed by atoms with Crippen LogP contribution >= 0.6 is 0 Å². The van der Waals surface area contributed by atoms with Crippen molar-refractivity contribution in [3.63, 3.8) is 0 Å². The number of nitrogens with zero attached hydrogens (tertiary/aromatic N) is 2. The first-order valence-electron chi connectivity index (χ1n) is 13.4. The second kappa shape index (κ2) is 10.2. The monoisotopic (exact) mass is 543 g/mol. The summed E-state index contributed by atoms with van der Waals surface area (Å²) in [7, 11) is -3.58. The Balaban J connectivity index is 1.88. The minimum atomic E-state index is -3.58. The maximum atomic E-state index is 12.8. The van der Waals surface area contributed by atoms with Crippen molar-refractivity contribution in [2.24, 2.45) is 5.41 Å². The van der Waals surface area contributed by atoms with E-state index in [2.05, 4.69) is 23.5 Å². The molecule has 1 aromatic carbocycles. The largest absolute Gasteiger partial charge is 0.479 e. The normalized spacial score (nSPS) is 18.9. The Labute approximate surface area is 226 Å². The summed E-state index contributed by atoms with van der Waals surface area (Å²) in [5, 5.41) is 10.3. The molecule has 0 bridgehead atoms. The van der Waals surface area contributed by atoms with Gasteiger partial charge in [-0.05, 0) is 83.4 Å². The number of carboxylic acids is 1. The Morgan fingerprint density at radius 3 is 2.18 bits per heavy atom. The molecular formula is C29H41N3O5S. The Hall–Kier alpha value is -2.49. The van der Waals surface area contributed by atoms with Crippen molar-refractivity contribution in [1.29, 1.82) is 0 Å². The second-order valence-corrected chi connectivity index (χ2v) is 14.2. The van der Waals surface area contributed by atoms with Gasteiger partial charge in [0.05, 0.1) is 16.2 Å². The Bertz CT molecular complexity index is 1300. The first-order chi connectivity index (χ1) is 17.6. The molecule has 0 spiro atoms. The number of carbonyl (C=O) groups is 1. The summed E-state index contributed by atoms with van der Waals surface area (Å²) >= 11 is 0. The van der Waals surface area contributed by atoms with Gasteiger partial charge in [0.15, 0.2) is 6.10 Å². The Kier molecular flexibility index (Phi) is 7.69. The highest BCUT2D eigenvalue weighted by molar-refractivity contribution is 7.89. The van der Waals surface area contributed by atoms with E-state index in [-0.39, 0.29) is 16.4 Å². The van der Waals surface area contributed by atoms with Crippen LogP contribution < -0.4 is 9.62 Å². The fourth-order valence-electron chi connectivity index (χ4n) is 5.04. The molecule has 1 aliphatic carbocycles. The lowest BCUT2D eigenvalue weighted by molar-refractivity contribution is -0.160. The number of nitrogens with one attached hydrogen (secondary N) is 1. The third-order valence-electron chi connectivity index (χ3n) is 7.32. The van der Waals surface area contributed by atoms with Gasteiger partial charge in [-0.1, -0.05) is 26.0 Å². The van der Waals surface area contributed by atoms with Gasteiger partial charge in [0.2, 0.25) is 10.0 Å². The number of hydrogen-bond donors (Lipinski definition) is 2. The van der Waals surface area contributed by atoms with Crippen molar-refractivity contribution in [2.45, 2.75) is 96.8 Å². The number of pyridine rings is 1. The molecule has 2 aliphatic rings. The number of aliphatic carboxylic acids is 1. The van der Waals surface area contributed by atoms with Gasteiger partial charge in [-0.15, -0.1) is 0 Å². The van der Waals surface area contributed by atoms with Crippen molar-refractivity contribution in [3.8, 4) is 11.1 Å². The van der Waals surface area contributed by atoms with Crippen molar-refractivity contribution in [1.82, 2.24) is 9.71 Å². The fourth-order valence-corrected chi connectivity index (χ4v) is 6.35. The first-order valence-corrected chi connectivity index (χ1v) is 14.9. The van der Waals surface area contributed by atoms with Gasteiger partial charge in [0, 0.05) is 41.6 Å². The molecule has 2 fully saturated rings. The fraction of sp³-hybridized carbons (Fsp3) is 0.586. The molecule has 2 N–H and O–H groups in total. The van der Waals surface area contributed by atoms with Crippen molar-refractivity contribution in [3.05, 3.63) is 41.2 Å². The van der Waals surface area contributed by atoms with Crippen LogP contribution in [0.25, 0.3) is 11.1 Å². The van der Waals surface area contributed by atoms with E-state index < -0.39 is 27.7 Å².